The van der Waals surface area contributed by atoms with Crippen LogP contribution in [0.15, 0.2) is 24.0 Å². The second kappa shape index (κ2) is 7.14. The Morgan fingerprint density at radius 3 is 2.63 bits per heavy atom. The van der Waals surface area contributed by atoms with Gasteiger partial charge < -0.3 is 9.64 Å². The number of likely N-dealkylation sites (tertiary alicyclic amines) is 1. The molecule has 1 aliphatic heterocycles. The highest BCUT2D eigenvalue weighted by Crippen LogP contribution is 2.24. The summed E-state index contributed by atoms with van der Waals surface area (Å²) in [5.74, 6) is 3.25. The summed E-state index contributed by atoms with van der Waals surface area (Å²) in [6.45, 7) is 7.94. The van der Waals surface area contributed by atoms with Crippen molar-refractivity contribution in [1.82, 2.24) is 4.90 Å². The number of piperidine rings is 1. The summed E-state index contributed by atoms with van der Waals surface area (Å²) >= 11 is 0. The number of allylic oxidation sites excluding steroid dienone is 3. The van der Waals surface area contributed by atoms with Crippen molar-refractivity contribution in [2.75, 3.05) is 26.7 Å². The van der Waals surface area contributed by atoms with Gasteiger partial charge in [-0.3, -0.25) is 0 Å². The minimum Gasteiger partial charge on any atom is -0.494 e. The Morgan fingerprint density at radius 1 is 1.21 bits per heavy atom. The largest absolute Gasteiger partial charge is 0.494 e. The van der Waals surface area contributed by atoms with Crippen molar-refractivity contribution in [3.8, 4) is 0 Å². The molecule has 2 atom stereocenters. The van der Waals surface area contributed by atoms with Crippen molar-refractivity contribution < 1.29 is 4.74 Å². The molecule has 0 unspecified atom stereocenters. The van der Waals surface area contributed by atoms with E-state index in [0.717, 1.165) is 18.3 Å². The zero-order valence-electron chi connectivity index (χ0n) is 12.8. The van der Waals surface area contributed by atoms with Gasteiger partial charge in [-0.2, -0.15) is 0 Å². The SMILES string of the molecule is C[C@@H]1C=C(OCCCC2CCN(C)CC2)C=C[C@@H]1C. The molecule has 19 heavy (non-hydrogen) atoms. The van der Waals surface area contributed by atoms with Crippen LogP contribution in [0.4, 0.5) is 0 Å². The van der Waals surface area contributed by atoms with E-state index in [1.54, 1.807) is 0 Å². The van der Waals surface area contributed by atoms with Crippen LogP contribution in [0.3, 0.4) is 0 Å². The average Bonchev–Trinajstić information content (AvgIpc) is 2.41. The molecule has 1 heterocycles. The number of rotatable bonds is 5. The lowest BCUT2D eigenvalue weighted by Gasteiger charge is -2.28. The summed E-state index contributed by atoms with van der Waals surface area (Å²) in [6, 6.07) is 0. The molecule has 0 N–H and O–H groups in total. The third-order valence-electron chi connectivity index (χ3n) is 4.68. The molecule has 1 aliphatic carbocycles. The number of ether oxygens (including phenoxy) is 1. The molecule has 2 aliphatic rings. The second-order valence-electron chi connectivity index (χ2n) is 6.38. The van der Waals surface area contributed by atoms with Crippen molar-refractivity contribution in [3.63, 3.8) is 0 Å². The van der Waals surface area contributed by atoms with Crippen LogP contribution in [0.5, 0.6) is 0 Å². The number of nitrogens with zero attached hydrogens (tertiary/aromatic N) is 1. The molecule has 0 spiro atoms. The lowest BCUT2D eigenvalue weighted by molar-refractivity contribution is 0.178. The minimum atomic E-state index is 0.605. The molecule has 2 rings (SSSR count). The van der Waals surface area contributed by atoms with E-state index in [-0.39, 0.29) is 0 Å². The van der Waals surface area contributed by atoms with Crippen molar-refractivity contribution in [2.45, 2.75) is 39.5 Å². The molecule has 1 saturated heterocycles. The van der Waals surface area contributed by atoms with Crippen LogP contribution >= 0.6 is 0 Å². The molecule has 0 radical (unpaired) electrons. The van der Waals surface area contributed by atoms with Crippen molar-refractivity contribution in [3.05, 3.63) is 24.0 Å². The first-order chi connectivity index (χ1) is 9.15. The van der Waals surface area contributed by atoms with Gasteiger partial charge in [-0.25, -0.2) is 0 Å². The van der Waals surface area contributed by atoms with E-state index >= 15 is 0 Å². The Hall–Kier alpha value is -0.760. The first-order valence-corrected chi connectivity index (χ1v) is 7.86. The fraction of sp³-hybridized carbons (Fsp3) is 0.765. The Bertz CT molecular complexity index is 326. The molecule has 0 bridgehead atoms. The monoisotopic (exact) mass is 263 g/mol. The van der Waals surface area contributed by atoms with E-state index in [4.69, 9.17) is 4.74 Å². The van der Waals surface area contributed by atoms with Gasteiger partial charge in [0.1, 0.15) is 5.76 Å². The van der Waals surface area contributed by atoms with Gasteiger partial charge in [-0.15, -0.1) is 0 Å². The van der Waals surface area contributed by atoms with Gasteiger partial charge in [0.05, 0.1) is 6.61 Å². The van der Waals surface area contributed by atoms with Gasteiger partial charge in [-0.05, 0) is 75.7 Å². The molecule has 0 aromatic heterocycles. The minimum absolute atomic E-state index is 0.605. The molecule has 0 saturated carbocycles. The second-order valence-corrected chi connectivity index (χ2v) is 6.38. The van der Waals surface area contributed by atoms with E-state index in [1.165, 1.54) is 38.8 Å². The molecule has 1 fully saturated rings. The smallest absolute Gasteiger partial charge is 0.115 e. The van der Waals surface area contributed by atoms with E-state index < -0.39 is 0 Å². The van der Waals surface area contributed by atoms with E-state index in [1.807, 2.05) is 0 Å². The predicted octanol–water partition coefficient (Wildman–Crippen LogP) is 3.85. The van der Waals surface area contributed by atoms with Crippen LogP contribution in [-0.4, -0.2) is 31.6 Å². The molecule has 108 valence electrons. The van der Waals surface area contributed by atoms with Crippen LogP contribution in [0.2, 0.25) is 0 Å². The maximum absolute atomic E-state index is 5.88. The van der Waals surface area contributed by atoms with Gasteiger partial charge in [0.25, 0.3) is 0 Å². The Morgan fingerprint density at radius 2 is 1.95 bits per heavy atom. The standard InChI is InChI=1S/C17H29NO/c1-14-6-7-17(13-15(14)2)19-12-4-5-16-8-10-18(3)11-9-16/h6-7,13-16H,4-5,8-12H2,1-3H3/t14-,15+/m0/s1. The normalized spacial score (nSPS) is 29.3. The maximum Gasteiger partial charge on any atom is 0.115 e. The molecule has 2 heteroatoms. The Balaban J connectivity index is 1.60. The molecular formula is C17H29NO. The number of hydrogen-bond acceptors (Lipinski definition) is 2. The van der Waals surface area contributed by atoms with Gasteiger partial charge in [-0.1, -0.05) is 19.9 Å². The van der Waals surface area contributed by atoms with Crippen LogP contribution in [0.25, 0.3) is 0 Å². The van der Waals surface area contributed by atoms with Gasteiger partial charge in [0.2, 0.25) is 0 Å². The third kappa shape index (κ3) is 4.68. The first-order valence-electron chi connectivity index (χ1n) is 7.86. The van der Waals surface area contributed by atoms with E-state index in [9.17, 15) is 0 Å². The van der Waals surface area contributed by atoms with Gasteiger partial charge in [0.15, 0.2) is 0 Å². The van der Waals surface area contributed by atoms with Crippen molar-refractivity contribution in [2.24, 2.45) is 17.8 Å². The van der Waals surface area contributed by atoms with Crippen LogP contribution in [0, 0.1) is 17.8 Å². The molecule has 0 aromatic carbocycles. The highest BCUT2D eigenvalue weighted by Gasteiger charge is 2.16. The lowest BCUT2D eigenvalue weighted by Crippen LogP contribution is -2.30. The van der Waals surface area contributed by atoms with Gasteiger partial charge >= 0.3 is 0 Å². The maximum atomic E-state index is 5.88. The zero-order chi connectivity index (χ0) is 13.7. The Kier molecular flexibility index (Phi) is 5.50. The molecule has 0 amide bonds. The summed E-state index contributed by atoms with van der Waals surface area (Å²) in [6.07, 6.45) is 11.9. The quantitative estimate of drug-likeness (QED) is 0.699. The number of hydrogen-bond donors (Lipinski definition) is 0. The summed E-state index contributed by atoms with van der Waals surface area (Å²) in [4.78, 5) is 2.44. The van der Waals surface area contributed by atoms with Crippen LogP contribution in [0.1, 0.15) is 39.5 Å². The fourth-order valence-electron chi connectivity index (χ4n) is 2.90. The van der Waals surface area contributed by atoms with E-state index in [2.05, 4.69) is 44.0 Å². The molecule has 0 aromatic rings. The summed E-state index contributed by atoms with van der Waals surface area (Å²) in [7, 11) is 2.23. The predicted molar refractivity (Wildman–Crippen MR) is 81.0 cm³/mol. The van der Waals surface area contributed by atoms with Crippen LogP contribution < -0.4 is 0 Å². The highest BCUT2D eigenvalue weighted by molar-refractivity contribution is 5.19. The van der Waals surface area contributed by atoms with Crippen molar-refractivity contribution >= 4 is 0 Å². The summed E-state index contributed by atoms with van der Waals surface area (Å²) in [5.41, 5.74) is 0. The highest BCUT2D eigenvalue weighted by atomic mass is 16.5. The summed E-state index contributed by atoms with van der Waals surface area (Å²) in [5, 5.41) is 0. The van der Waals surface area contributed by atoms with Gasteiger partial charge in [0, 0.05) is 0 Å². The zero-order valence-corrected chi connectivity index (χ0v) is 12.8. The molecular weight excluding hydrogens is 234 g/mol. The lowest BCUT2D eigenvalue weighted by atomic mass is 9.91. The first kappa shape index (κ1) is 14.6. The van der Waals surface area contributed by atoms with E-state index in [0.29, 0.717) is 11.8 Å². The Labute approximate surface area is 118 Å². The van der Waals surface area contributed by atoms with Crippen LogP contribution in [-0.2, 0) is 4.74 Å². The molecule has 2 nitrogen and oxygen atoms in total. The van der Waals surface area contributed by atoms with Crippen molar-refractivity contribution in [1.29, 1.82) is 0 Å². The average molecular weight is 263 g/mol. The summed E-state index contributed by atoms with van der Waals surface area (Å²) < 4.78 is 5.88. The fourth-order valence-corrected chi connectivity index (χ4v) is 2.90. The third-order valence-corrected chi connectivity index (χ3v) is 4.68. The topological polar surface area (TPSA) is 12.5 Å².